The first-order valence-corrected chi connectivity index (χ1v) is 8.17. The summed E-state index contributed by atoms with van der Waals surface area (Å²) >= 11 is 0. The van der Waals surface area contributed by atoms with Crippen molar-refractivity contribution in [2.75, 3.05) is 0 Å². The molecule has 1 N–H and O–H groups in total. The van der Waals surface area contributed by atoms with E-state index in [4.69, 9.17) is 0 Å². The molecule has 0 spiro atoms. The molecule has 128 valence electrons. The van der Waals surface area contributed by atoms with Crippen LogP contribution in [-0.4, -0.2) is 28.7 Å². The van der Waals surface area contributed by atoms with E-state index in [0.717, 1.165) is 10.5 Å². The van der Waals surface area contributed by atoms with Crippen LogP contribution < -0.4 is 5.32 Å². The summed E-state index contributed by atoms with van der Waals surface area (Å²) in [7, 11) is 0. The Kier molecular flexibility index (Phi) is 4.17. The number of carbonyl (C=O) groups excluding carboxylic acids is 3. The van der Waals surface area contributed by atoms with Gasteiger partial charge in [0.2, 0.25) is 0 Å². The number of nitrogens with zero attached hydrogens (tertiary/aromatic N) is 1. The molecule has 2 aromatic carbocycles. The predicted molar refractivity (Wildman–Crippen MR) is 94.1 cm³/mol. The standard InChI is InChI=1S/C20H20N2O3/c1-13-9-11-15(12-10-13)17(23)14(2)22-18(24)20(3,21-19(22)25)16-7-5-4-6-8-16/h4-12,14H,1-3H3,(H,21,25)/t14-,20+/m1/s1. The first-order valence-electron chi connectivity index (χ1n) is 8.17. The number of rotatable bonds is 4. The Balaban J connectivity index is 1.90. The van der Waals surface area contributed by atoms with Gasteiger partial charge in [-0.05, 0) is 26.3 Å². The maximum atomic E-state index is 13.0. The van der Waals surface area contributed by atoms with Crippen molar-refractivity contribution in [1.29, 1.82) is 0 Å². The second kappa shape index (κ2) is 6.16. The number of amides is 3. The van der Waals surface area contributed by atoms with E-state index in [1.54, 1.807) is 38.1 Å². The smallest absolute Gasteiger partial charge is 0.319 e. The van der Waals surface area contributed by atoms with Crippen LogP contribution in [0, 0.1) is 6.92 Å². The van der Waals surface area contributed by atoms with Gasteiger partial charge in [0.25, 0.3) is 5.91 Å². The maximum Gasteiger partial charge on any atom is 0.325 e. The lowest BCUT2D eigenvalue weighted by Gasteiger charge is -2.24. The molecular weight excluding hydrogens is 316 g/mol. The van der Waals surface area contributed by atoms with Crippen LogP contribution in [0.25, 0.3) is 0 Å². The molecule has 1 aliphatic heterocycles. The molecule has 0 saturated carbocycles. The van der Waals surface area contributed by atoms with Crippen LogP contribution in [-0.2, 0) is 10.3 Å². The van der Waals surface area contributed by atoms with Gasteiger partial charge in [-0.1, -0.05) is 60.2 Å². The second-order valence-electron chi connectivity index (χ2n) is 6.50. The van der Waals surface area contributed by atoms with Gasteiger partial charge in [0, 0.05) is 5.56 Å². The van der Waals surface area contributed by atoms with E-state index >= 15 is 0 Å². The van der Waals surface area contributed by atoms with Crippen LogP contribution in [0.5, 0.6) is 0 Å². The van der Waals surface area contributed by atoms with Crippen molar-refractivity contribution in [3.8, 4) is 0 Å². The maximum absolute atomic E-state index is 13.0. The van der Waals surface area contributed by atoms with Crippen molar-refractivity contribution in [3.05, 3.63) is 71.3 Å². The Labute approximate surface area is 146 Å². The zero-order valence-electron chi connectivity index (χ0n) is 14.4. The van der Waals surface area contributed by atoms with E-state index in [9.17, 15) is 14.4 Å². The lowest BCUT2D eigenvalue weighted by Crippen LogP contribution is -2.45. The summed E-state index contributed by atoms with van der Waals surface area (Å²) in [5, 5.41) is 2.73. The van der Waals surface area contributed by atoms with Gasteiger partial charge in [0.05, 0.1) is 0 Å². The average Bonchev–Trinajstić information content (AvgIpc) is 2.85. The van der Waals surface area contributed by atoms with Crippen molar-refractivity contribution in [2.24, 2.45) is 0 Å². The molecule has 2 aromatic rings. The van der Waals surface area contributed by atoms with Crippen LogP contribution in [0.1, 0.15) is 35.3 Å². The van der Waals surface area contributed by atoms with Crippen molar-refractivity contribution in [1.82, 2.24) is 10.2 Å². The van der Waals surface area contributed by atoms with E-state index in [0.29, 0.717) is 11.1 Å². The van der Waals surface area contributed by atoms with Crippen molar-refractivity contribution in [2.45, 2.75) is 32.4 Å². The van der Waals surface area contributed by atoms with E-state index < -0.39 is 23.5 Å². The van der Waals surface area contributed by atoms with E-state index in [2.05, 4.69) is 5.32 Å². The van der Waals surface area contributed by atoms with Gasteiger partial charge >= 0.3 is 6.03 Å². The number of imide groups is 1. The molecule has 1 heterocycles. The fraction of sp³-hybridized carbons (Fsp3) is 0.250. The third-order valence-corrected chi connectivity index (χ3v) is 4.68. The normalized spacial score (nSPS) is 21.2. The van der Waals surface area contributed by atoms with Gasteiger partial charge in [-0.15, -0.1) is 0 Å². The zero-order valence-corrected chi connectivity index (χ0v) is 14.4. The molecule has 25 heavy (non-hydrogen) atoms. The summed E-state index contributed by atoms with van der Waals surface area (Å²) in [5.74, 6) is -0.683. The Hall–Kier alpha value is -2.95. The summed E-state index contributed by atoms with van der Waals surface area (Å²) in [6.07, 6.45) is 0. The molecular formula is C20H20N2O3. The zero-order chi connectivity index (χ0) is 18.2. The van der Waals surface area contributed by atoms with Crippen LogP contribution in [0.4, 0.5) is 4.79 Å². The molecule has 2 atom stereocenters. The van der Waals surface area contributed by atoms with E-state index in [1.165, 1.54) is 0 Å². The molecule has 1 saturated heterocycles. The Bertz CT molecular complexity index is 830. The quantitative estimate of drug-likeness (QED) is 0.689. The Morgan fingerprint density at radius 1 is 1.04 bits per heavy atom. The number of ketones is 1. The van der Waals surface area contributed by atoms with Crippen molar-refractivity contribution >= 4 is 17.7 Å². The Morgan fingerprint density at radius 3 is 2.24 bits per heavy atom. The van der Waals surface area contributed by atoms with Crippen LogP contribution >= 0.6 is 0 Å². The largest absolute Gasteiger partial charge is 0.325 e. The number of hydrogen-bond acceptors (Lipinski definition) is 3. The van der Waals surface area contributed by atoms with Crippen molar-refractivity contribution < 1.29 is 14.4 Å². The monoisotopic (exact) mass is 336 g/mol. The highest BCUT2D eigenvalue weighted by atomic mass is 16.2. The fourth-order valence-electron chi connectivity index (χ4n) is 3.06. The summed E-state index contributed by atoms with van der Waals surface area (Å²) < 4.78 is 0. The van der Waals surface area contributed by atoms with Gasteiger partial charge < -0.3 is 5.32 Å². The molecule has 0 aliphatic carbocycles. The lowest BCUT2D eigenvalue weighted by atomic mass is 9.91. The third kappa shape index (κ3) is 2.82. The van der Waals surface area contributed by atoms with Gasteiger partial charge in [0.1, 0.15) is 11.6 Å². The first-order chi connectivity index (χ1) is 11.8. The van der Waals surface area contributed by atoms with Gasteiger partial charge in [-0.3, -0.25) is 14.5 Å². The molecule has 1 fully saturated rings. The number of nitrogens with one attached hydrogen (secondary N) is 1. The fourth-order valence-corrected chi connectivity index (χ4v) is 3.06. The highest BCUT2D eigenvalue weighted by Crippen LogP contribution is 2.30. The van der Waals surface area contributed by atoms with Crippen LogP contribution in [0.3, 0.4) is 0 Å². The van der Waals surface area contributed by atoms with Gasteiger partial charge in [-0.2, -0.15) is 0 Å². The SMILES string of the molecule is Cc1ccc(C(=O)[C@@H](C)N2C(=O)N[C@@](C)(c3ccccc3)C2=O)cc1. The highest BCUT2D eigenvalue weighted by molar-refractivity contribution is 6.12. The molecule has 3 amide bonds. The number of Topliss-reactive ketones (excluding diaryl/α,β-unsaturated/α-hetero) is 1. The molecule has 3 rings (SSSR count). The third-order valence-electron chi connectivity index (χ3n) is 4.68. The number of hydrogen-bond donors (Lipinski definition) is 1. The molecule has 0 bridgehead atoms. The molecule has 0 radical (unpaired) electrons. The number of benzene rings is 2. The molecule has 5 heteroatoms. The minimum Gasteiger partial charge on any atom is -0.319 e. The number of urea groups is 1. The average molecular weight is 336 g/mol. The first kappa shape index (κ1) is 16.9. The minimum atomic E-state index is -1.17. The van der Waals surface area contributed by atoms with Gasteiger partial charge in [-0.25, -0.2) is 4.79 Å². The predicted octanol–water partition coefficient (Wildman–Crippen LogP) is 3.03. The second-order valence-corrected chi connectivity index (χ2v) is 6.50. The Morgan fingerprint density at radius 2 is 1.64 bits per heavy atom. The summed E-state index contributed by atoms with van der Waals surface area (Å²) in [5.41, 5.74) is 1.04. The molecule has 0 unspecified atom stereocenters. The van der Waals surface area contributed by atoms with Crippen LogP contribution in [0.15, 0.2) is 54.6 Å². The van der Waals surface area contributed by atoms with Crippen molar-refractivity contribution in [3.63, 3.8) is 0 Å². The molecule has 0 aromatic heterocycles. The highest BCUT2D eigenvalue weighted by Gasteiger charge is 2.51. The van der Waals surface area contributed by atoms with E-state index in [1.807, 2.05) is 37.3 Å². The summed E-state index contributed by atoms with van der Waals surface area (Å²) in [6.45, 7) is 5.17. The summed E-state index contributed by atoms with van der Waals surface area (Å²) in [4.78, 5) is 39.1. The van der Waals surface area contributed by atoms with E-state index in [-0.39, 0.29) is 5.78 Å². The van der Waals surface area contributed by atoms with Crippen LogP contribution in [0.2, 0.25) is 0 Å². The molecule has 1 aliphatic rings. The topological polar surface area (TPSA) is 66.5 Å². The lowest BCUT2D eigenvalue weighted by molar-refractivity contribution is -0.131. The minimum absolute atomic E-state index is 0.263. The summed E-state index contributed by atoms with van der Waals surface area (Å²) in [6, 6.07) is 14.7. The number of aryl methyl sites for hydroxylation is 1. The number of carbonyl (C=O) groups is 3. The van der Waals surface area contributed by atoms with Gasteiger partial charge in [0.15, 0.2) is 5.78 Å². The molecule has 5 nitrogen and oxygen atoms in total.